The van der Waals surface area contributed by atoms with Crippen molar-refractivity contribution in [1.82, 2.24) is 0 Å². The Bertz CT molecular complexity index is 474. The first-order chi connectivity index (χ1) is 8.88. The van der Waals surface area contributed by atoms with E-state index in [0.717, 1.165) is 0 Å². The number of hydrogen-bond acceptors (Lipinski definition) is 2. The zero-order chi connectivity index (χ0) is 15.8. The molecule has 0 saturated heterocycles. The van der Waals surface area contributed by atoms with Gasteiger partial charge in [0.25, 0.3) is 5.60 Å². The molecule has 0 spiro atoms. The number of hydrogen-bond donors (Lipinski definition) is 2. The number of halogens is 6. The highest BCUT2D eigenvalue weighted by atomic mass is 19.4. The van der Waals surface area contributed by atoms with Crippen LogP contribution in [-0.4, -0.2) is 23.1 Å². The molecule has 0 saturated carbocycles. The van der Waals surface area contributed by atoms with Crippen molar-refractivity contribution in [1.29, 1.82) is 0 Å². The van der Waals surface area contributed by atoms with Gasteiger partial charge in [-0.05, 0) is 23.3 Å². The van der Waals surface area contributed by atoms with Gasteiger partial charge >= 0.3 is 12.4 Å². The maximum Gasteiger partial charge on any atom is 0.426 e. The number of rotatable bonds is 3. The van der Waals surface area contributed by atoms with Crippen LogP contribution in [0, 0.1) is 0 Å². The average Bonchev–Trinajstić information content (AvgIpc) is 2.26. The van der Waals surface area contributed by atoms with Crippen molar-refractivity contribution < 1.29 is 31.4 Å². The number of alkyl halides is 6. The van der Waals surface area contributed by atoms with Gasteiger partial charge in [0.05, 0.1) is 0 Å². The Morgan fingerprint density at radius 1 is 1.00 bits per heavy atom. The summed E-state index contributed by atoms with van der Waals surface area (Å²) < 4.78 is 75.1. The molecule has 0 aliphatic heterocycles. The van der Waals surface area contributed by atoms with E-state index in [1.165, 1.54) is 24.3 Å². The average molecular weight is 299 g/mol. The Morgan fingerprint density at radius 2 is 1.40 bits per heavy atom. The summed E-state index contributed by atoms with van der Waals surface area (Å²) in [4.78, 5) is 0. The van der Waals surface area contributed by atoms with Crippen molar-refractivity contribution in [2.45, 2.75) is 24.4 Å². The predicted octanol–water partition coefficient (Wildman–Crippen LogP) is 3.53. The molecule has 1 aromatic rings. The molecule has 0 amide bonds. The molecule has 0 unspecified atom stereocenters. The largest absolute Gasteiger partial charge is 0.426 e. The highest BCUT2D eigenvalue weighted by molar-refractivity contribution is 5.66. The van der Waals surface area contributed by atoms with Crippen molar-refractivity contribution >= 4 is 11.3 Å². The van der Waals surface area contributed by atoms with Gasteiger partial charge in [0, 0.05) is 12.1 Å². The molecule has 0 fully saturated rings. The molecule has 1 rings (SSSR count). The van der Waals surface area contributed by atoms with Crippen molar-refractivity contribution in [2.75, 3.05) is 5.73 Å². The van der Waals surface area contributed by atoms with Gasteiger partial charge in [-0.3, -0.25) is 0 Å². The second-order valence-electron chi connectivity index (χ2n) is 4.26. The van der Waals surface area contributed by atoms with Gasteiger partial charge in [-0.15, -0.1) is 0 Å². The van der Waals surface area contributed by atoms with E-state index in [4.69, 9.17) is 10.8 Å². The second-order valence-corrected chi connectivity index (χ2v) is 4.26. The summed E-state index contributed by atoms with van der Waals surface area (Å²) in [6.45, 7) is 3.17. The lowest BCUT2D eigenvalue weighted by atomic mass is 9.90. The smallest absolute Gasteiger partial charge is 0.399 e. The molecule has 1 aromatic carbocycles. The lowest BCUT2D eigenvalue weighted by molar-refractivity contribution is -0.365. The highest BCUT2D eigenvalue weighted by Gasteiger charge is 2.70. The van der Waals surface area contributed by atoms with Crippen LogP contribution < -0.4 is 5.73 Å². The van der Waals surface area contributed by atoms with Gasteiger partial charge in [0.2, 0.25) is 0 Å². The highest BCUT2D eigenvalue weighted by Crippen LogP contribution is 2.47. The maximum atomic E-state index is 12.5. The summed E-state index contributed by atoms with van der Waals surface area (Å²) in [5.74, 6) is 0. The molecule has 8 heteroatoms. The van der Waals surface area contributed by atoms with Crippen LogP contribution in [0.15, 0.2) is 30.8 Å². The minimum Gasteiger partial charge on any atom is -0.399 e. The van der Waals surface area contributed by atoms with E-state index in [1.807, 2.05) is 0 Å². The Morgan fingerprint density at radius 3 is 1.75 bits per heavy atom. The van der Waals surface area contributed by atoms with Crippen molar-refractivity contribution in [2.24, 2.45) is 0 Å². The lowest BCUT2D eigenvalue weighted by Crippen LogP contribution is -2.56. The normalized spacial score (nSPS) is 13.3. The number of anilines is 1. The lowest BCUT2D eigenvalue weighted by Gasteiger charge is -2.32. The zero-order valence-corrected chi connectivity index (χ0v) is 10.0. The summed E-state index contributed by atoms with van der Waals surface area (Å²) in [5.41, 5.74) is 0.349. The van der Waals surface area contributed by atoms with Crippen molar-refractivity contribution in [3.8, 4) is 0 Å². The molecule has 0 aliphatic rings. The second kappa shape index (κ2) is 5.01. The van der Waals surface area contributed by atoms with E-state index in [1.54, 1.807) is 0 Å². The molecule has 0 bridgehead atoms. The van der Waals surface area contributed by atoms with E-state index < -0.39 is 29.9 Å². The summed E-state index contributed by atoms with van der Waals surface area (Å²) >= 11 is 0. The van der Waals surface area contributed by atoms with E-state index in [0.29, 0.717) is 5.69 Å². The molecule has 20 heavy (non-hydrogen) atoms. The van der Waals surface area contributed by atoms with Crippen LogP contribution in [0.4, 0.5) is 32.0 Å². The number of nitrogens with two attached hydrogens (primary N) is 1. The third-order valence-corrected chi connectivity index (χ3v) is 2.73. The fourth-order valence-corrected chi connectivity index (χ4v) is 1.49. The molecular formula is C12H11F6NO. The Kier molecular flexibility index (Phi) is 4.09. The molecule has 0 heterocycles. The van der Waals surface area contributed by atoms with Crippen LogP contribution in [0.3, 0.4) is 0 Å². The van der Waals surface area contributed by atoms with E-state index in [2.05, 4.69) is 6.58 Å². The SMILES string of the molecule is C=C(CC(O)(C(F)(F)F)C(F)(F)F)c1ccc(N)cc1. The minimum absolute atomic E-state index is 0.0334. The molecule has 0 radical (unpaired) electrons. The first-order valence-electron chi connectivity index (χ1n) is 5.28. The molecule has 0 aromatic heterocycles. The molecule has 112 valence electrons. The van der Waals surface area contributed by atoms with E-state index in [9.17, 15) is 26.3 Å². The van der Waals surface area contributed by atoms with Crippen molar-refractivity contribution in [3.63, 3.8) is 0 Å². The molecule has 3 N–H and O–H groups in total. The van der Waals surface area contributed by atoms with Gasteiger partial charge in [0.15, 0.2) is 0 Å². The van der Waals surface area contributed by atoms with Gasteiger partial charge < -0.3 is 10.8 Å². The first kappa shape index (κ1) is 16.4. The Balaban J connectivity index is 3.09. The van der Waals surface area contributed by atoms with Gasteiger partial charge in [-0.2, -0.15) is 26.3 Å². The summed E-state index contributed by atoms with van der Waals surface area (Å²) in [7, 11) is 0. The van der Waals surface area contributed by atoms with Crippen LogP contribution >= 0.6 is 0 Å². The van der Waals surface area contributed by atoms with Crippen LogP contribution in [0.5, 0.6) is 0 Å². The number of benzene rings is 1. The maximum absolute atomic E-state index is 12.5. The van der Waals surface area contributed by atoms with Crippen LogP contribution in [0.1, 0.15) is 12.0 Å². The van der Waals surface area contributed by atoms with Crippen molar-refractivity contribution in [3.05, 3.63) is 36.4 Å². The topological polar surface area (TPSA) is 46.2 Å². The fraction of sp³-hybridized carbons (Fsp3) is 0.333. The predicted molar refractivity (Wildman–Crippen MR) is 61.6 cm³/mol. The molecule has 0 aliphatic carbocycles. The standard InChI is InChI=1S/C12H11F6NO/c1-7(8-2-4-9(19)5-3-8)6-10(20,11(13,14)15)12(16,17)18/h2-5,20H,1,6,19H2. The molecule has 0 atom stereocenters. The molecule has 2 nitrogen and oxygen atoms in total. The first-order valence-corrected chi connectivity index (χ1v) is 5.28. The third-order valence-electron chi connectivity index (χ3n) is 2.73. The Labute approximate surface area is 110 Å². The Hall–Kier alpha value is -1.70. The monoisotopic (exact) mass is 299 g/mol. The summed E-state index contributed by atoms with van der Waals surface area (Å²) in [6, 6.07) is 5.07. The van der Waals surface area contributed by atoms with Gasteiger partial charge in [-0.25, -0.2) is 0 Å². The number of nitrogen functional groups attached to an aromatic ring is 1. The fourth-order valence-electron chi connectivity index (χ4n) is 1.49. The van der Waals surface area contributed by atoms with E-state index in [-0.39, 0.29) is 5.56 Å². The summed E-state index contributed by atoms with van der Waals surface area (Å²) in [6.07, 6.45) is -13.4. The zero-order valence-electron chi connectivity index (χ0n) is 10.0. The molecular weight excluding hydrogens is 288 g/mol. The quantitative estimate of drug-likeness (QED) is 0.662. The number of aliphatic hydroxyl groups is 1. The van der Waals surface area contributed by atoms with Gasteiger partial charge in [0.1, 0.15) is 0 Å². The van der Waals surface area contributed by atoms with Crippen LogP contribution in [0.25, 0.3) is 5.57 Å². The van der Waals surface area contributed by atoms with Gasteiger partial charge in [-0.1, -0.05) is 18.7 Å². The minimum atomic E-state index is -5.86. The van der Waals surface area contributed by atoms with Crippen LogP contribution in [0.2, 0.25) is 0 Å². The van der Waals surface area contributed by atoms with Crippen LogP contribution in [-0.2, 0) is 0 Å². The van der Waals surface area contributed by atoms with E-state index >= 15 is 0 Å². The summed E-state index contributed by atoms with van der Waals surface area (Å²) in [5, 5.41) is 9.04. The third kappa shape index (κ3) is 3.06.